The molecule has 0 aliphatic heterocycles. The number of nitro groups is 1. The summed E-state index contributed by atoms with van der Waals surface area (Å²) < 4.78 is 40.2. The van der Waals surface area contributed by atoms with Gasteiger partial charge in [0.2, 0.25) is 11.8 Å². The van der Waals surface area contributed by atoms with Gasteiger partial charge in [-0.1, -0.05) is 48.5 Å². The molecule has 0 bridgehead atoms. The molecule has 12 nitrogen and oxygen atoms in total. The molecule has 2 amide bonds. The molecule has 49 heavy (non-hydrogen) atoms. The van der Waals surface area contributed by atoms with Crippen molar-refractivity contribution >= 4 is 33.2 Å². The number of rotatable bonds is 15. The quantitative estimate of drug-likeness (QED) is 0.131. The van der Waals surface area contributed by atoms with Gasteiger partial charge in [-0.05, 0) is 74.4 Å². The number of carbonyl (C=O) groups is 2. The molecular formula is C36H40N4O8S. The van der Waals surface area contributed by atoms with Crippen molar-refractivity contribution in [2.75, 3.05) is 25.1 Å². The third-order valence-electron chi connectivity index (χ3n) is 7.79. The van der Waals surface area contributed by atoms with Crippen molar-refractivity contribution in [2.45, 2.75) is 50.7 Å². The van der Waals surface area contributed by atoms with Crippen LogP contribution in [0.1, 0.15) is 30.5 Å². The Balaban J connectivity index is 1.85. The van der Waals surface area contributed by atoms with E-state index in [-0.39, 0.29) is 40.8 Å². The molecule has 13 heteroatoms. The molecule has 0 heterocycles. The molecule has 0 aliphatic carbocycles. The Morgan fingerprint density at radius 1 is 0.857 bits per heavy atom. The fraction of sp³-hybridized carbons (Fsp3) is 0.278. The first-order valence-electron chi connectivity index (χ1n) is 15.5. The summed E-state index contributed by atoms with van der Waals surface area (Å²) in [5.41, 5.74) is 1.46. The molecule has 0 spiro atoms. The fourth-order valence-corrected chi connectivity index (χ4v) is 6.69. The Labute approximate surface area is 286 Å². The maximum atomic E-state index is 14.6. The van der Waals surface area contributed by atoms with Crippen LogP contribution in [-0.2, 0) is 32.6 Å². The summed E-state index contributed by atoms with van der Waals surface area (Å²) in [6.07, 6.45) is 0.147. The molecule has 0 saturated heterocycles. The predicted molar refractivity (Wildman–Crippen MR) is 186 cm³/mol. The van der Waals surface area contributed by atoms with Crippen LogP contribution in [-0.4, -0.2) is 62.9 Å². The Hall–Kier alpha value is -5.43. The summed E-state index contributed by atoms with van der Waals surface area (Å²) in [5, 5.41) is 14.7. The van der Waals surface area contributed by atoms with Crippen molar-refractivity contribution in [2.24, 2.45) is 0 Å². The Morgan fingerprint density at radius 2 is 1.51 bits per heavy atom. The lowest BCUT2D eigenvalue weighted by atomic mass is 10.0. The van der Waals surface area contributed by atoms with Crippen LogP contribution in [0.2, 0.25) is 0 Å². The van der Waals surface area contributed by atoms with Gasteiger partial charge in [-0.25, -0.2) is 8.42 Å². The van der Waals surface area contributed by atoms with Gasteiger partial charge in [0, 0.05) is 30.6 Å². The lowest BCUT2D eigenvalue weighted by Crippen LogP contribution is -2.54. The van der Waals surface area contributed by atoms with E-state index in [4.69, 9.17) is 9.47 Å². The smallest absolute Gasteiger partial charge is 0.273 e. The Bertz CT molecular complexity index is 1880. The Morgan fingerprint density at radius 3 is 2.12 bits per heavy atom. The van der Waals surface area contributed by atoms with Gasteiger partial charge in [0.05, 0.1) is 29.7 Å². The van der Waals surface area contributed by atoms with Crippen LogP contribution in [0.4, 0.5) is 11.4 Å². The number of anilines is 1. The summed E-state index contributed by atoms with van der Waals surface area (Å²) >= 11 is 0. The van der Waals surface area contributed by atoms with Gasteiger partial charge in [0.25, 0.3) is 15.7 Å². The zero-order valence-corrected chi connectivity index (χ0v) is 28.8. The molecule has 4 aromatic carbocycles. The summed E-state index contributed by atoms with van der Waals surface area (Å²) in [5.74, 6) is -0.0994. The molecular weight excluding hydrogens is 648 g/mol. The maximum Gasteiger partial charge on any atom is 0.273 e. The lowest BCUT2D eigenvalue weighted by molar-refractivity contribution is -0.385. The van der Waals surface area contributed by atoms with E-state index in [1.54, 1.807) is 36.4 Å². The number of methoxy groups -OCH3 is 2. The second-order valence-electron chi connectivity index (χ2n) is 11.7. The monoisotopic (exact) mass is 688 g/mol. The first kappa shape index (κ1) is 36.4. The number of amides is 2. The molecule has 0 unspecified atom stereocenters. The van der Waals surface area contributed by atoms with Crippen molar-refractivity contribution < 1.29 is 32.4 Å². The number of benzene rings is 4. The Kier molecular flexibility index (Phi) is 12.0. The molecule has 0 fully saturated rings. The number of aryl methyl sites for hydroxylation is 1. The fourth-order valence-electron chi connectivity index (χ4n) is 5.25. The second kappa shape index (κ2) is 16.1. The standard InChI is InChI=1S/C36H40N4O8S/c1-25(2)37-36(42)34(21-27-10-7-6-8-11-27)38(23-28-12-9-13-31(20-28)48-5)35(41)24-39(29-15-17-30(47-4)18-16-29)49(45,46)32-19-14-26(3)33(22-32)40(43)44/h6-20,22,25,34H,21,23-24H2,1-5H3,(H,37,42)/t34-/m1/s1. The van der Waals surface area contributed by atoms with Gasteiger partial charge in [-0.15, -0.1) is 0 Å². The van der Waals surface area contributed by atoms with Crippen LogP contribution >= 0.6 is 0 Å². The minimum Gasteiger partial charge on any atom is -0.497 e. The number of nitro benzene ring substituents is 1. The van der Waals surface area contributed by atoms with Crippen LogP contribution in [0, 0.1) is 17.0 Å². The van der Waals surface area contributed by atoms with Crippen molar-refractivity contribution in [1.82, 2.24) is 10.2 Å². The van der Waals surface area contributed by atoms with E-state index in [1.807, 2.05) is 44.2 Å². The van der Waals surface area contributed by atoms with Crippen LogP contribution in [0.15, 0.2) is 102 Å². The predicted octanol–water partition coefficient (Wildman–Crippen LogP) is 5.28. The molecule has 0 radical (unpaired) electrons. The van der Waals surface area contributed by atoms with Crippen LogP contribution < -0.4 is 19.1 Å². The highest BCUT2D eigenvalue weighted by Crippen LogP contribution is 2.30. The molecule has 0 saturated carbocycles. The van der Waals surface area contributed by atoms with Crippen molar-refractivity contribution in [3.8, 4) is 11.5 Å². The van der Waals surface area contributed by atoms with Crippen molar-refractivity contribution in [3.63, 3.8) is 0 Å². The molecule has 258 valence electrons. The van der Waals surface area contributed by atoms with Crippen LogP contribution in [0.3, 0.4) is 0 Å². The minimum absolute atomic E-state index is 0.0500. The van der Waals surface area contributed by atoms with Gasteiger partial charge in [-0.3, -0.25) is 24.0 Å². The van der Waals surface area contributed by atoms with Gasteiger partial charge >= 0.3 is 0 Å². The molecule has 0 aromatic heterocycles. The van der Waals surface area contributed by atoms with Crippen LogP contribution in [0.5, 0.6) is 11.5 Å². The minimum atomic E-state index is -4.56. The maximum absolute atomic E-state index is 14.6. The molecule has 4 aromatic rings. The molecule has 4 rings (SSSR count). The molecule has 1 N–H and O–H groups in total. The number of hydrogen-bond acceptors (Lipinski definition) is 8. The van der Waals surface area contributed by atoms with E-state index in [2.05, 4.69) is 5.32 Å². The highest BCUT2D eigenvalue weighted by atomic mass is 32.2. The highest BCUT2D eigenvalue weighted by molar-refractivity contribution is 7.92. The average Bonchev–Trinajstić information content (AvgIpc) is 3.08. The molecule has 0 aliphatic rings. The SMILES string of the molecule is COc1ccc(N(CC(=O)N(Cc2cccc(OC)c2)[C@H](Cc2ccccc2)C(=O)NC(C)C)S(=O)(=O)c2ccc(C)c([N+](=O)[O-])c2)cc1. The number of ether oxygens (including phenoxy) is 2. The van der Waals surface area contributed by atoms with Crippen molar-refractivity contribution in [1.29, 1.82) is 0 Å². The zero-order valence-electron chi connectivity index (χ0n) is 28.0. The summed E-state index contributed by atoms with van der Waals surface area (Å²) in [4.78, 5) is 40.5. The van der Waals surface area contributed by atoms with Gasteiger partial charge in [-0.2, -0.15) is 0 Å². The van der Waals surface area contributed by atoms with Gasteiger partial charge < -0.3 is 19.7 Å². The third-order valence-corrected chi connectivity index (χ3v) is 9.56. The normalized spacial score (nSPS) is 11.8. The summed E-state index contributed by atoms with van der Waals surface area (Å²) in [6.45, 7) is 4.35. The molecule has 1 atom stereocenters. The van der Waals surface area contributed by atoms with E-state index in [1.165, 1.54) is 50.3 Å². The average molecular weight is 689 g/mol. The van der Waals surface area contributed by atoms with Gasteiger partial charge in [0.1, 0.15) is 24.1 Å². The first-order chi connectivity index (χ1) is 23.3. The number of nitrogens with zero attached hydrogens (tertiary/aromatic N) is 3. The summed E-state index contributed by atoms with van der Waals surface area (Å²) in [6, 6.07) is 24.6. The number of sulfonamides is 1. The number of hydrogen-bond donors (Lipinski definition) is 1. The third kappa shape index (κ3) is 9.14. The topological polar surface area (TPSA) is 148 Å². The van der Waals surface area contributed by atoms with E-state index in [0.29, 0.717) is 17.1 Å². The van der Waals surface area contributed by atoms with Crippen molar-refractivity contribution in [3.05, 3.63) is 124 Å². The number of nitrogens with one attached hydrogen (secondary N) is 1. The van der Waals surface area contributed by atoms with E-state index in [0.717, 1.165) is 15.9 Å². The number of carbonyl (C=O) groups excluding carboxylic acids is 2. The lowest BCUT2D eigenvalue weighted by Gasteiger charge is -2.34. The van der Waals surface area contributed by atoms with E-state index >= 15 is 0 Å². The summed E-state index contributed by atoms with van der Waals surface area (Å²) in [7, 11) is -1.58. The van der Waals surface area contributed by atoms with E-state index < -0.39 is 39.3 Å². The largest absolute Gasteiger partial charge is 0.497 e. The van der Waals surface area contributed by atoms with E-state index in [9.17, 15) is 28.1 Å². The second-order valence-corrected chi connectivity index (χ2v) is 13.5. The first-order valence-corrected chi connectivity index (χ1v) is 17.0. The zero-order chi connectivity index (χ0) is 35.7. The van der Waals surface area contributed by atoms with Crippen LogP contribution in [0.25, 0.3) is 0 Å². The van der Waals surface area contributed by atoms with Gasteiger partial charge in [0.15, 0.2) is 0 Å². The highest BCUT2D eigenvalue weighted by Gasteiger charge is 2.35.